The number of aromatic nitrogens is 2. The number of rotatable bonds is 3. The minimum atomic E-state index is -4.92. The quantitative estimate of drug-likeness (QED) is 0.901. The number of sulfonamides is 1. The standard InChI is InChI=1S/C13H16F3N3O3S/c1-19-7-9(10(17-19)13(14,15)16)23(21,22)18-11(20)8-5-12(6-8)3-2-4-12/h7-8H,2-6H2,1H3,(H,18,20). The Bertz CT molecular complexity index is 742. The number of halogens is 3. The van der Waals surface area contributed by atoms with E-state index in [0.29, 0.717) is 12.8 Å². The number of carbonyl (C=O) groups excluding carboxylic acids is 1. The molecule has 128 valence electrons. The van der Waals surface area contributed by atoms with E-state index >= 15 is 0 Å². The third kappa shape index (κ3) is 2.84. The molecule has 1 N–H and O–H groups in total. The zero-order valence-electron chi connectivity index (χ0n) is 12.4. The molecule has 10 heteroatoms. The summed E-state index contributed by atoms with van der Waals surface area (Å²) in [6.45, 7) is 0. The van der Waals surface area contributed by atoms with Crippen molar-refractivity contribution in [1.29, 1.82) is 0 Å². The molecule has 2 aliphatic rings. The van der Waals surface area contributed by atoms with Crippen LogP contribution in [0.2, 0.25) is 0 Å². The Morgan fingerprint density at radius 2 is 2.00 bits per heavy atom. The lowest BCUT2D eigenvalue weighted by atomic mass is 9.52. The van der Waals surface area contributed by atoms with Crippen LogP contribution in [0, 0.1) is 11.3 Å². The molecule has 1 aromatic rings. The molecule has 1 spiro atoms. The summed E-state index contributed by atoms with van der Waals surface area (Å²) in [5.41, 5.74) is -1.36. The fourth-order valence-corrected chi connectivity index (χ4v) is 4.63. The van der Waals surface area contributed by atoms with Gasteiger partial charge in [-0.2, -0.15) is 18.3 Å². The van der Waals surface area contributed by atoms with E-state index in [2.05, 4.69) is 5.10 Å². The minimum absolute atomic E-state index is 0.164. The summed E-state index contributed by atoms with van der Waals surface area (Å²) in [5.74, 6) is -1.18. The number of nitrogens with one attached hydrogen (secondary N) is 1. The van der Waals surface area contributed by atoms with Crippen LogP contribution in [0.15, 0.2) is 11.1 Å². The first-order valence-electron chi connectivity index (χ1n) is 7.20. The van der Waals surface area contributed by atoms with E-state index in [9.17, 15) is 26.4 Å². The van der Waals surface area contributed by atoms with Crippen LogP contribution in [-0.2, 0) is 28.0 Å². The third-order valence-corrected chi connectivity index (χ3v) is 6.08. The van der Waals surface area contributed by atoms with Crippen molar-refractivity contribution in [2.24, 2.45) is 18.4 Å². The number of alkyl halides is 3. The van der Waals surface area contributed by atoms with Crippen LogP contribution in [-0.4, -0.2) is 24.1 Å². The van der Waals surface area contributed by atoms with Gasteiger partial charge in [-0.1, -0.05) is 6.42 Å². The normalized spacial score (nSPS) is 20.9. The van der Waals surface area contributed by atoms with Gasteiger partial charge < -0.3 is 0 Å². The number of nitrogens with zero attached hydrogens (tertiary/aromatic N) is 2. The monoisotopic (exact) mass is 351 g/mol. The maximum absolute atomic E-state index is 12.9. The van der Waals surface area contributed by atoms with Gasteiger partial charge in [0.2, 0.25) is 5.91 Å². The summed E-state index contributed by atoms with van der Waals surface area (Å²) in [6.07, 6.45) is 0.209. The van der Waals surface area contributed by atoms with Crippen molar-refractivity contribution >= 4 is 15.9 Å². The van der Waals surface area contributed by atoms with Crippen LogP contribution in [0.5, 0.6) is 0 Å². The molecule has 2 saturated carbocycles. The van der Waals surface area contributed by atoms with Crippen LogP contribution in [0.3, 0.4) is 0 Å². The maximum atomic E-state index is 12.9. The summed E-state index contributed by atoms with van der Waals surface area (Å²) in [5, 5.41) is 3.14. The molecule has 0 aliphatic heterocycles. The lowest BCUT2D eigenvalue weighted by Gasteiger charge is -2.53. The average Bonchev–Trinajstić information content (AvgIpc) is 2.67. The SMILES string of the molecule is Cn1cc(S(=O)(=O)NC(=O)C2CC3(CCC3)C2)c(C(F)(F)F)n1. The van der Waals surface area contributed by atoms with Gasteiger partial charge in [0.15, 0.2) is 5.69 Å². The second-order valence-corrected chi connectivity index (χ2v) is 8.09. The van der Waals surface area contributed by atoms with Gasteiger partial charge in [-0.25, -0.2) is 13.1 Å². The van der Waals surface area contributed by atoms with E-state index in [1.165, 1.54) is 7.05 Å². The Morgan fingerprint density at radius 1 is 1.39 bits per heavy atom. The number of hydrogen-bond acceptors (Lipinski definition) is 4. The van der Waals surface area contributed by atoms with Gasteiger partial charge in [0.05, 0.1) is 0 Å². The zero-order valence-corrected chi connectivity index (χ0v) is 13.2. The van der Waals surface area contributed by atoms with Crippen molar-refractivity contribution in [3.63, 3.8) is 0 Å². The van der Waals surface area contributed by atoms with Crippen LogP contribution < -0.4 is 4.72 Å². The highest BCUT2D eigenvalue weighted by molar-refractivity contribution is 7.90. The van der Waals surface area contributed by atoms with E-state index < -0.39 is 38.6 Å². The highest BCUT2D eigenvalue weighted by Crippen LogP contribution is 2.58. The van der Waals surface area contributed by atoms with E-state index in [4.69, 9.17) is 0 Å². The van der Waals surface area contributed by atoms with Gasteiger partial charge in [0.25, 0.3) is 10.0 Å². The van der Waals surface area contributed by atoms with E-state index in [0.717, 1.165) is 30.1 Å². The topological polar surface area (TPSA) is 81.1 Å². The highest BCUT2D eigenvalue weighted by atomic mass is 32.2. The van der Waals surface area contributed by atoms with Crippen LogP contribution >= 0.6 is 0 Å². The van der Waals surface area contributed by atoms with E-state index in [-0.39, 0.29) is 5.41 Å². The summed E-state index contributed by atoms with van der Waals surface area (Å²) in [6, 6.07) is 0. The Balaban J connectivity index is 1.76. The molecule has 0 bridgehead atoms. The predicted octanol–water partition coefficient (Wildman–Crippen LogP) is 1.82. The van der Waals surface area contributed by atoms with E-state index in [1.807, 2.05) is 0 Å². The van der Waals surface area contributed by atoms with Crippen LogP contribution in [0.25, 0.3) is 0 Å². The number of aryl methyl sites for hydroxylation is 1. The molecule has 0 aromatic carbocycles. The first kappa shape index (κ1) is 16.3. The Hall–Kier alpha value is -1.58. The van der Waals surface area contributed by atoms with Crippen molar-refractivity contribution in [3.8, 4) is 0 Å². The second-order valence-electron chi connectivity index (χ2n) is 6.44. The third-order valence-electron chi connectivity index (χ3n) is 4.73. The number of hydrogen-bond donors (Lipinski definition) is 1. The molecule has 0 saturated heterocycles. The molecule has 2 fully saturated rings. The van der Waals surface area contributed by atoms with Crippen LogP contribution in [0.4, 0.5) is 13.2 Å². The Kier molecular flexibility index (Phi) is 3.51. The van der Waals surface area contributed by atoms with Gasteiger partial charge in [0.1, 0.15) is 4.90 Å². The van der Waals surface area contributed by atoms with Crippen molar-refractivity contribution in [3.05, 3.63) is 11.9 Å². The molecule has 1 amide bonds. The summed E-state index contributed by atoms with van der Waals surface area (Å²) in [4.78, 5) is 11.0. The summed E-state index contributed by atoms with van der Waals surface area (Å²) in [7, 11) is -3.42. The number of carbonyl (C=O) groups is 1. The molecule has 1 aromatic heterocycles. The lowest BCUT2D eigenvalue weighted by molar-refractivity contribution is -0.143. The highest BCUT2D eigenvalue weighted by Gasteiger charge is 2.51. The van der Waals surface area contributed by atoms with Gasteiger partial charge in [-0.15, -0.1) is 0 Å². The molecule has 23 heavy (non-hydrogen) atoms. The summed E-state index contributed by atoms with van der Waals surface area (Å²) < 4.78 is 65.4. The zero-order chi connectivity index (χ0) is 17.0. The smallest absolute Gasteiger partial charge is 0.274 e. The van der Waals surface area contributed by atoms with E-state index in [1.54, 1.807) is 4.72 Å². The first-order chi connectivity index (χ1) is 10.5. The Morgan fingerprint density at radius 3 is 2.48 bits per heavy atom. The van der Waals surface area contributed by atoms with Crippen molar-refractivity contribution in [2.45, 2.75) is 43.2 Å². The largest absolute Gasteiger partial charge is 0.436 e. The molecule has 6 nitrogen and oxygen atoms in total. The van der Waals surface area contributed by atoms with Crippen molar-refractivity contribution in [1.82, 2.24) is 14.5 Å². The van der Waals surface area contributed by atoms with Gasteiger partial charge >= 0.3 is 6.18 Å². The average molecular weight is 351 g/mol. The molecular weight excluding hydrogens is 335 g/mol. The first-order valence-corrected chi connectivity index (χ1v) is 8.68. The second kappa shape index (κ2) is 4.96. The maximum Gasteiger partial charge on any atom is 0.436 e. The molecule has 0 radical (unpaired) electrons. The van der Waals surface area contributed by atoms with Gasteiger partial charge in [0, 0.05) is 19.2 Å². The van der Waals surface area contributed by atoms with Gasteiger partial charge in [-0.05, 0) is 31.1 Å². The summed E-state index contributed by atoms with van der Waals surface area (Å²) >= 11 is 0. The fourth-order valence-electron chi connectivity index (χ4n) is 3.39. The minimum Gasteiger partial charge on any atom is -0.274 e. The molecule has 1 heterocycles. The van der Waals surface area contributed by atoms with Crippen LogP contribution in [0.1, 0.15) is 37.8 Å². The molecular formula is C13H16F3N3O3S. The molecule has 3 rings (SSSR count). The lowest BCUT2D eigenvalue weighted by Crippen LogP contribution is -2.49. The molecule has 0 unspecified atom stereocenters. The Labute approximate surface area is 131 Å². The van der Waals surface area contributed by atoms with Crippen molar-refractivity contribution < 1.29 is 26.4 Å². The fraction of sp³-hybridized carbons (Fsp3) is 0.692. The number of amides is 1. The molecule has 0 atom stereocenters. The van der Waals surface area contributed by atoms with Crippen molar-refractivity contribution in [2.75, 3.05) is 0 Å². The molecule has 2 aliphatic carbocycles. The van der Waals surface area contributed by atoms with Gasteiger partial charge in [-0.3, -0.25) is 9.48 Å². The predicted molar refractivity (Wildman–Crippen MR) is 72.5 cm³/mol.